The molecule has 0 unspecified atom stereocenters. The zero-order chi connectivity index (χ0) is 12.4. The lowest BCUT2D eigenvalue weighted by molar-refractivity contribution is 0.388. The minimum absolute atomic E-state index is 0.313. The van der Waals surface area contributed by atoms with Crippen LogP contribution in [0.15, 0.2) is 16.7 Å². The Morgan fingerprint density at radius 3 is 2.94 bits per heavy atom. The quantitative estimate of drug-likeness (QED) is 0.658. The molecule has 0 saturated heterocycles. The minimum Gasteiger partial charge on any atom is -0.397 e. The fraction of sp³-hybridized carbons (Fsp3) is 0.200. The zero-order valence-corrected chi connectivity index (χ0v) is 11.2. The second-order valence-corrected chi connectivity index (χ2v) is 4.60. The normalized spacial score (nSPS) is 10.5. The van der Waals surface area contributed by atoms with E-state index in [9.17, 15) is 4.39 Å². The predicted octanol–water partition coefficient (Wildman–Crippen LogP) is 2.32. The summed E-state index contributed by atoms with van der Waals surface area (Å²) in [5, 5.41) is 6.67. The van der Waals surface area contributed by atoms with Gasteiger partial charge in [-0.2, -0.15) is 4.98 Å². The molecule has 0 amide bonds. The molecule has 0 radical (unpaired) electrons. The molecule has 5 nitrogen and oxygen atoms in total. The van der Waals surface area contributed by atoms with Crippen LogP contribution in [0.1, 0.15) is 11.7 Å². The molecule has 0 bridgehead atoms. The number of aromatic nitrogens is 2. The molecule has 1 heterocycles. The van der Waals surface area contributed by atoms with Crippen molar-refractivity contribution in [3.8, 4) is 0 Å². The van der Waals surface area contributed by atoms with Gasteiger partial charge in [0.25, 0.3) is 0 Å². The fourth-order valence-corrected chi connectivity index (χ4v) is 1.79. The lowest BCUT2D eigenvalue weighted by atomic mass is 10.2. The molecule has 2 aromatic rings. The van der Waals surface area contributed by atoms with E-state index < -0.39 is 0 Å². The van der Waals surface area contributed by atoms with Crippen LogP contribution in [0.25, 0.3) is 0 Å². The van der Waals surface area contributed by atoms with Gasteiger partial charge in [-0.15, -0.1) is 0 Å². The van der Waals surface area contributed by atoms with Crippen molar-refractivity contribution < 1.29 is 8.91 Å². The van der Waals surface area contributed by atoms with E-state index in [1.54, 1.807) is 13.0 Å². The van der Waals surface area contributed by atoms with Crippen molar-refractivity contribution in [3.05, 3.63) is 33.2 Å². The van der Waals surface area contributed by atoms with Gasteiger partial charge < -0.3 is 15.6 Å². The highest BCUT2D eigenvalue weighted by atomic mass is 127. The number of anilines is 2. The van der Waals surface area contributed by atoms with Gasteiger partial charge in [0.2, 0.25) is 5.89 Å². The topological polar surface area (TPSA) is 77.0 Å². The SMILES string of the molecule is Cc1nc(CNc2cc(F)c(I)cc2N)no1. The first-order valence-corrected chi connectivity index (χ1v) is 5.91. The van der Waals surface area contributed by atoms with Crippen LogP contribution in [-0.4, -0.2) is 10.1 Å². The van der Waals surface area contributed by atoms with Crippen molar-refractivity contribution in [1.29, 1.82) is 0 Å². The molecule has 0 aliphatic rings. The van der Waals surface area contributed by atoms with Gasteiger partial charge in [0, 0.05) is 13.0 Å². The number of nitrogens with zero attached hydrogens (tertiary/aromatic N) is 2. The third-order valence-electron chi connectivity index (χ3n) is 2.10. The lowest BCUT2D eigenvalue weighted by Crippen LogP contribution is -2.05. The van der Waals surface area contributed by atoms with Crippen LogP contribution in [0.2, 0.25) is 0 Å². The summed E-state index contributed by atoms with van der Waals surface area (Å²) in [5.74, 6) is 0.677. The second kappa shape index (κ2) is 4.86. The highest BCUT2D eigenvalue weighted by molar-refractivity contribution is 14.1. The molecule has 90 valence electrons. The molecule has 7 heteroatoms. The number of rotatable bonds is 3. The van der Waals surface area contributed by atoms with Crippen LogP contribution >= 0.6 is 22.6 Å². The van der Waals surface area contributed by atoms with Gasteiger partial charge in [-0.05, 0) is 28.7 Å². The Morgan fingerprint density at radius 2 is 2.29 bits per heavy atom. The van der Waals surface area contributed by atoms with Crippen molar-refractivity contribution >= 4 is 34.0 Å². The van der Waals surface area contributed by atoms with Crippen LogP contribution < -0.4 is 11.1 Å². The van der Waals surface area contributed by atoms with Crippen LogP contribution in [0.5, 0.6) is 0 Å². The summed E-state index contributed by atoms with van der Waals surface area (Å²) in [6.07, 6.45) is 0. The number of benzene rings is 1. The first-order chi connectivity index (χ1) is 8.06. The molecule has 0 atom stereocenters. The van der Waals surface area contributed by atoms with Crippen LogP contribution in [0.3, 0.4) is 0 Å². The van der Waals surface area contributed by atoms with Gasteiger partial charge in [0.15, 0.2) is 5.82 Å². The average Bonchev–Trinajstić information content (AvgIpc) is 2.68. The molecular formula is C10H10FIN4O. The van der Waals surface area contributed by atoms with E-state index in [1.165, 1.54) is 6.07 Å². The maximum absolute atomic E-state index is 13.3. The van der Waals surface area contributed by atoms with E-state index in [0.29, 0.717) is 33.2 Å². The van der Waals surface area contributed by atoms with E-state index in [4.69, 9.17) is 10.3 Å². The van der Waals surface area contributed by atoms with E-state index in [1.807, 2.05) is 22.6 Å². The zero-order valence-electron chi connectivity index (χ0n) is 9.00. The first kappa shape index (κ1) is 12.1. The Kier molecular flexibility index (Phi) is 3.46. The van der Waals surface area contributed by atoms with Crippen molar-refractivity contribution in [3.63, 3.8) is 0 Å². The molecule has 0 aliphatic carbocycles. The summed E-state index contributed by atoms with van der Waals surface area (Å²) in [6.45, 7) is 2.04. The summed E-state index contributed by atoms with van der Waals surface area (Å²) in [4.78, 5) is 4.02. The monoisotopic (exact) mass is 348 g/mol. The van der Waals surface area contributed by atoms with E-state index in [0.717, 1.165) is 0 Å². The predicted molar refractivity (Wildman–Crippen MR) is 69.9 cm³/mol. The fourth-order valence-electron chi connectivity index (χ4n) is 1.30. The van der Waals surface area contributed by atoms with Crippen molar-refractivity contribution in [1.82, 2.24) is 10.1 Å². The van der Waals surface area contributed by atoms with Crippen LogP contribution in [0.4, 0.5) is 15.8 Å². The van der Waals surface area contributed by atoms with Crippen LogP contribution in [-0.2, 0) is 6.54 Å². The molecule has 0 fully saturated rings. The van der Waals surface area contributed by atoms with Crippen molar-refractivity contribution in [2.24, 2.45) is 0 Å². The molecule has 1 aromatic carbocycles. The van der Waals surface area contributed by atoms with Crippen molar-refractivity contribution in [2.75, 3.05) is 11.1 Å². The second-order valence-electron chi connectivity index (χ2n) is 3.44. The maximum atomic E-state index is 13.3. The Morgan fingerprint density at radius 1 is 1.53 bits per heavy atom. The summed E-state index contributed by atoms with van der Waals surface area (Å²) < 4.78 is 18.6. The Labute approximate surface area is 111 Å². The third-order valence-corrected chi connectivity index (χ3v) is 2.93. The standard InChI is InChI=1S/C10H10FIN4O/c1-5-15-10(16-17-5)4-14-9-2-6(11)7(12)3-8(9)13/h2-3,14H,4,13H2,1H3. The van der Waals surface area contributed by atoms with Gasteiger partial charge >= 0.3 is 0 Å². The summed E-state index contributed by atoms with van der Waals surface area (Å²) >= 11 is 1.89. The molecular weight excluding hydrogens is 338 g/mol. The maximum Gasteiger partial charge on any atom is 0.223 e. The molecule has 1 aromatic heterocycles. The average molecular weight is 348 g/mol. The van der Waals surface area contributed by atoms with E-state index in [-0.39, 0.29) is 5.82 Å². The largest absolute Gasteiger partial charge is 0.397 e. The Bertz CT molecular complexity index is 543. The van der Waals surface area contributed by atoms with Gasteiger partial charge in [-0.25, -0.2) is 4.39 Å². The Balaban J connectivity index is 2.11. The molecule has 3 N–H and O–H groups in total. The third kappa shape index (κ3) is 2.84. The lowest BCUT2D eigenvalue weighted by Gasteiger charge is -2.08. The summed E-state index contributed by atoms with van der Waals surface area (Å²) in [6, 6.07) is 2.92. The van der Waals surface area contributed by atoms with Gasteiger partial charge in [-0.1, -0.05) is 5.16 Å². The van der Waals surface area contributed by atoms with E-state index >= 15 is 0 Å². The molecule has 0 spiro atoms. The van der Waals surface area contributed by atoms with Crippen molar-refractivity contribution in [2.45, 2.75) is 13.5 Å². The number of aryl methyl sites for hydroxylation is 1. The number of nitrogens with two attached hydrogens (primary N) is 1. The van der Waals surface area contributed by atoms with Gasteiger partial charge in [0.1, 0.15) is 5.82 Å². The molecule has 2 rings (SSSR count). The molecule has 0 aliphatic heterocycles. The molecule has 0 saturated carbocycles. The number of hydrogen-bond donors (Lipinski definition) is 2. The minimum atomic E-state index is -0.313. The van der Waals surface area contributed by atoms with Crippen LogP contribution in [0, 0.1) is 16.3 Å². The van der Waals surface area contributed by atoms with Gasteiger partial charge in [0.05, 0.1) is 21.5 Å². The molecule has 17 heavy (non-hydrogen) atoms. The smallest absolute Gasteiger partial charge is 0.223 e. The number of nitrogen functional groups attached to an aromatic ring is 1. The van der Waals surface area contributed by atoms with E-state index in [2.05, 4.69) is 15.5 Å². The van der Waals surface area contributed by atoms with Gasteiger partial charge in [-0.3, -0.25) is 0 Å². The Hall–Kier alpha value is -1.38. The summed E-state index contributed by atoms with van der Waals surface area (Å²) in [7, 11) is 0. The highest BCUT2D eigenvalue weighted by Crippen LogP contribution is 2.24. The highest BCUT2D eigenvalue weighted by Gasteiger charge is 2.07. The number of halogens is 2. The summed E-state index contributed by atoms with van der Waals surface area (Å²) in [5.41, 5.74) is 6.76. The number of hydrogen-bond acceptors (Lipinski definition) is 5. The first-order valence-electron chi connectivity index (χ1n) is 4.84. The number of nitrogens with one attached hydrogen (secondary N) is 1.